The number of nitro groups is 1. The third kappa shape index (κ3) is 3.02. The highest BCUT2D eigenvalue weighted by molar-refractivity contribution is 9.10. The summed E-state index contributed by atoms with van der Waals surface area (Å²) in [5, 5.41) is 29.5. The van der Waals surface area contributed by atoms with Crippen LogP contribution >= 0.6 is 15.9 Å². The molecule has 0 heterocycles. The standard InChI is InChI=1S/C20H12BrN3O3/c21-18-10-13(24(26)27)9-12(20(18)25)11-22-23-19-16-7-3-1-5-14(16)15-6-2-4-8-17(15)19/h1-11,25H. The van der Waals surface area contributed by atoms with E-state index in [4.69, 9.17) is 0 Å². The van der Waals surface area contributed by atoms with E-state index < -0.39 is 4.92 Å². The Bertz CT molecular complexity index is 1090. The first-order valence-electron chi connectivity index (χ1n) is 8.03. The predicted octanol–water partition coefficient (Wildman–Crippen LogP) is 4.91. The van der Waals surface area contributed by atoms with Crippen LogP contribution in [0.2, 0.25) is 0 Å². The van der Waals surface area contributed by atoms with E-state index in [0.29, 0.717) is 0 Å². The number of nitro benzene ring substituents is 1. The van der Waals surface area contributed by atoms with Gasteiger partial charge in [-0.2, -0.15) is 5.10 Å². The Labute approximate surface area is 162 Å². The summed E-state index contributed by atoms with van der Waals surface area (Å²) >= 11 is 3.11. The Morgan fingerprint density at radius 2 is 1.52 bits per heavy atom. The second-order valence-electron chi connectivity index (χ2n) is 5.91. The average Bonchev–Trinajstić information content (AvgIpc) is 2.99. The van der Waals surface area contributed by atoms with Gasteiger partial charge in [0.05, 0.1) is 15.6 Å². The van der Waals surface area contributed by atoms with Crippen LogP contribution in [0, 0.1) is 10.1 Å². The minimum absolute atomic E-state index is 0.128. The molecule has 0 fully saturated rings. The van der Waals surface area contributed by atoms with E-state index in [-0.39, 0.29) is 21.5 Å². The number of non-ortho nitro benzene ring substituents is 1. The highest BCUT2D eigenvalue weighted by atomic mass is 79.9. The van der Waals surface area contributed by atoms with Crippen molar-refractivity contribution in [3.63, 3.8) is 0 Å². The largest absolute Gasteiger partial charge is 0.506 e. The van der Waals surface area contributed by atoms with Gasteiger partial charge in [-0.3, -0.25) is 10.1 Å². The molecule has 132 valence electrons. The molecule has 7 heteroatoms. The zero-order chi connectivity index (χ0) is 19.0. The minimum Gasteiger partial charge on any atom is -0.506 e. The van der Waals surface area contributed by atoms with E-state index in [2.05, 4.69) is 26.1 Å². The SMILES string of the molecule is O=[N+]([O-])c1cc(Br)c(O)c(C=NN=C2c3ccccc3-c3ccccc32)c1. The van der Waals surface area contributed by atoms with Crippen LogP contribution < -0.4 is 0 Å². The fraction of sp³-hybridized carbons (Fsp3) is 0. The molecule has 0 bridgehead atoms. The summed E-state index contributed by atoms with van der Waals surface area (Å²) in [6.07, 6.45) is 1.31. The van der Waals surface area contributed by atoms with Gasteiger partial charge in [-0.15, -0.1) is 5.10 Å². The number of aromatic hydroxyl groups is 1. The van der Waals surface area contributed by atoms with Crippen LogP contribution in [0.4, 0.5) is 5.69 Å². The molecule has 1 N–H and O–H groups in total. The van der Waals surface area contributed by atoms with Gasteiger partial charge in [0.15, 0.2) is 0 Å². The van der Waals surface area contributed by atoms with E-state index in [9.17, 15) is 15.2 Å². The highest BCUT2D eigenvalue weighted by Crippen LogP contribution is 2.36. The first-order chi connectivity index (χ1) is 13.1. The van der Waals surface area contributed by atoms with Gasteiger partial charge in [0, 0.05) is 28.8 Å². The van der Waals surface area contributed by atoms with Crippen molar-refractivity contribution < 1.29 is 10.0 Å². The molecule has 0 spiro atoms. The van der Waals surface area contributed by atoms with E-state index in [1.54, 1.807) is 0 Å². The molecular formula is C20H12BrN3O3. The van der Waals surface area contributed by atoms with E-state index in [1.807, 2.05) is 48.5 Å². The lowest BCUT2D eigenvalue weighted by Gasteiger charge is -2.02. The smallest absolute Gasteiger partial charge is 0.271 e. The second-order valence-corrected chi connectivity index (χ2v) is 6.76. The minimum atomic E-state index is -0.531. The molecule has 0 aromatic heterocycles. The van der Waals surface area contributed by atoms with Crippen molar-refractivity contribution in [1.82, 2.24) is 0 Å². The normalized spacial score (nSPS) is 12.1. The predicted molar refractivity (Wildman–Crippen MR) is 108 cm³/mol. The van der Waals surface area contributed by atoms with Crippen LogP contribution in [0.15, 0.2) is 75.3 Å². The van der Waals surface area contributed by atoms with Gasteiger partial charge in [-0.1, -0.05) is 48.5 Å². The topological polar surface area (TPSA) is 88.1 Å². The summed E-state index contributed by atoms with van der Waals surface area (Å²) < 4.78 is 0.224. The first-order valence-corrected chi connectivity index (χ1v) is 8.82. The summed E-state index contributed by atoms with van der Waals surface area (Å²) in [6.45, 7) is 0. The maximum atomic E-state index is 11.0. The zero-order valence-electron chi connectivity index (χ0n) is 13.8. The number of fused-ring (bicyclic) bond motifs is 3. The molecule has 0 saturated heterocycles. The van der Waals surface area contributed by atoms with Crippen molar-refractivity contribution in [2.75, 3.05) is 0 Å². The molecule has 0 aliphatic heterocycles. The molecule has 0 radical (unpaired) electrons. The second kappa shape index (κ2) is 6.77. The first kappa shape index (κ1) is 17.1. The molecule has 6 nitrogen and oxygen atoms in total. The van der Waals surface area contributed by atoms with Crippen LogP contribution in [0.3, 0.4) is 0 Å². The van der Waals surface area contributed by atoms with E-state index in [1.165, 1.54) is 18.3 Å². The van der Waals surface area contributed by atoms with Crippen LogP contribution in [0.1, 0.15) is 16.7 Å². The molecular weight excluding hydrogens is 410 g/mol. The number of rotatable bonds is 3. The summed E-state index contributed by atoms with van der Waals surface area (Å²) in [5.74, 6) is -0.128. The van der Waals surface area contributed by atoms with Gasteiger partial charge < -0.3 is 5.11 Å². The zero-order valence-corrected chi connectivity index (χ0v) is 15.4. The lowest BCUT2D eigenvalue weighted by Crippen LogP contribution is -1.97. The molecule has 0 saturated carbocycles. The van der Waals surface area contributed by atoms with Crippen molar-refractivity contribution in [2.24, 2.45) is 10.2 Å². The van der Waals surface area contributed by atoms with Crippen molar-refractivity contribution in [2.45, 2.75) is 0 Å². The quantitative estimate of drug-likeness (QED) is 0.289. The van der Waals surface area contributed by atoms with Crippen molar-refractivity contribution in [1.29, 1.82) is 0 Å². The summed E-state index contributed by atoms with van der Waals surface area (Å²) in [7, 11) is 0. The summed E-state index contributed by atoms with van der Waals surface area (Å²) in [4.78, 5) is 10.5. The van der Waals surface area contributed by atoms with Crippen LogP contribution in [0.25, 0.3) is 11.1 Å². The third-order valence-electron chi connectivity index (χ3n) is 4.30. The maximum absolute atomic E-state index is 11.0. The van der Waals surface area contributed by atoms with Crippen LogP contribution in [-0.4, -0.2) is 22.0 Å². The molecule has 27 heavy (non-hydrogen) atoms. The van der Waals surface area contributed by atoms with Crippen molar-refractivity contribution in [3.8, 4) is 16.9 Å². The number of halogens is 1. The Morgan fingerprint density at radius 3 is 2.07 bits per heavy atom. The monoisotopic (exact) mass is 421 g/mol. The highest BCUT2D eigenvalue weighted by Gasteiger charge is 2.23. The Balaban J connectivity index is 1.77. The Hall–Kier alpha value is -3.32. The number of hydrogen-bond acceptors (Lipinski definition) is 5. The number of phenolic OH excluding ortho intramolecular Hbond substituents is 1. The van der Waals surface area contributed by atoms with Crippen LogP contribution in [-0.2, 0) is 0 Å². The van der Waals surface area contributed by atoms with Gasteiger partial charge in [-0.05, 0) is 27.1 Å². The molecule has 3 aromatic rings. The Kier molecular flexibility index (Phi) is 4.29. The van der Waals surface area contributed by atoms with Crippen molar-refractivity contribution in [3.05, 3.63) is 91.9 Å². The summed E-state index contributed by atoms with van der Waals surface area (Å²) in [6, 6.07) is 18.3. The van der Waals surface area contributed by atoms with E-state index >= 15 is 0 Å². The molecule has 0 amide bonds. The van der Waals surface area contributed by atoms with E-state index in [0.717, 1.165) is 28.0 Å². The maximum Gasteiger partial charge on any atom is 0.271 e. The van der Waals surface area contributed by atoms with Crippen LogP contribution in [0.5, 0.6) is 5.75 Å². The lowest BCUT2D eigenvalue weighted by molar-refractivity contribution is -0.385. The molecule has 1 aliphatic carbocycles. The van der Waals surface area contributed by atoms with Gasteiger partial charge >= 0.3 is 0 Å². The van der Waals surface area contributed by atoms with Gasteiger partial charge in [0.1, 0.15) is 11.5 Å². The number of nitrogens with zero attached hydrogens (tertiary/aromatic N) is 3. The van der Waals surface area contributed by atoms with Gasteiger partial charge in [0.25, 0.3) is 5.69 Å². The number of phenols is 1. The summed E-state index contributed by atoms with van der Waals surface area (Å²) in [5.41, 5.74) is 4.90. The molecule has 0 atom stereocenters. The van der Waals surface area contributed by atoms with Crippen molar-refractivity contribution >= 4 is 33.5 Å². The average molecular weight is 422 g/mol. The fourth-order valence-corrected chi connectivity index (χ4v) is 3.52. The number of hydrogen-bond donors (Lipinski definition) is 1. The van der Waals surface area contributed by atoms with Gasteiger partial charge in [0.2, 0.25) is 0 Å². The lowest BCUT2D eigenvalue weighted by atomic mass is 10.1. The molecule has 3 aromatic carbocycles. The van der Waals surface area contributed by atoms with Gasteiger partial charge in [-0.25, -0.2) is 0 Å². The number of benzene rings is 3. The molecule has 0 unspecified atom stereocenters. The third-order valence-corrected chi connectivity index (χ3v) is 4.90. The molecule has 1 aliphatic rings. The Morgan fingerprint density at radius 1 is 0.963 bits per heavy atom. The fourth-order valence-electron chi connectivity index (χ4n) is 3.06. The molecule has 4 rings (SSSR count).